The van der Waals surface area contributed by atoms with E-state index in [1.165, 1.54) is 0 Å². The first kappa shape index (κ1) is 16.2. The van der Waals surface area contributed by atoms with E-state index in [0.29, 0.717) is 12.3 Å². The number of aromatic nitrogens is 1. The van der Waals surface area contributed by atoms with Crippen molar-refractivity contribution in [3.8, 4) is 11.5 Å². The van der Waals surface area contributed by atoms with Gasteiger partial charge in [0.05, 0.1) is 6.20 Å². The summed E-state index contributed by atoms with van der Waals surface area (Å²) in [5, 5.41) is 2.93. The van der Waals surface area contributed by atoms with Crippen LogP contribution >= 0.6 is 0 Å². The van der Waals surface area contributed by atoms with Crippen LogP contribution in [0.1, 0.15) is 37.7 Å². The number of nitrogens with one attached hydrogen (secondary N) is 1. The van der Waals surface area contributed by atoms with Gasteiger partial charge in [-0.3, -0.25) is 4.79 Å². The van der Waals surface area contributed by atoms with Gasteiger partial charge in [0.15, 0.2) is 0 Å². The second kappa shape index (κ2) is 8.34. The zero-order valence-corrected chi connectivity index (χ0v) is 13.0. The van der Waals surface area contributed by atoms with Crippen molar-refractivity contribution in [2.24, 2.45) is 5.73 Å². The van der Waals surface area contributed by atoms with Crippen molar-refractivity contribution in [3.05, 3.63) is 36.2 Å². The Labute approximate surface area is 130 Å². The quantitative estimate of drug-likeness (QED) is 0.731. The lowest BCUT2D eigenvalue weighted by molar-refractivity contribution is -0.116. The third kappa shape index (κ3) is 4.70. The Morgan fingerprint density at radius 2 is 2.09 bits per heavy atom. The second-order valence-corrected chi connectivity index (χ2v) is 5.37. The van der Waals surface area contributed by atoms with Gasteiger partial charge in [0.2, 0.25) is 11.8 Å². The summed E-state index contributed by atoms with van der Waals surface area (Å²) in [5.74, 6) is 0.602. The first-order valence-electron chi connectivity index (χ1n) is 7.71. The third-order valence-electron chi connectivity index (χ3n) is 3.54. The van der Waals surface area contributed by atoms with E-state index in [9.17, 15) is 4.79 Å². The molecule has 0 aliphatic carbocycles. The standard InChI is InChI=1S/C17H23N3O2/c1-13-7-8-14(12-15(13)17-19-10-11-22-17)20-16(21)6-4-2-3-5-9-18/h7-8,10-12H,2-6,9,18H2,1H3,(H,20,21). The average molecular weight is 301 g/mol. The van der Waals surface area contributed by atoms with Gasteiger partial charge in [0, 0.05) is 17.7 Å². The molecule has 0 spiro atoms. The highest BCUT2D eigenvalue weighted by atomic mass is 16.3. The van der Waals surface area contributed by atoms with Gasteiger partial charge in [-0.15, -0.1) is 0 Å². The minimum absolute atomic E-state index is 0.0370. The average Bonchev–Trinajstić information content (AvgIpc) is 3.03. The Balaban J connectivity index is 1.90. The fraction of sp³-hybridized carbons (Fsp3) is 0.412. The van der Waals surface area contributed by atoms with Gasteiger partial charge in [-0.05, 0) is 44.0 Å². The molecule has 0 bridgehead atoms. The van der Waals surface area contributed by atoms with E-state index in [-0.39, 0.29) is 5.91 Å². The fourth-order valence-electron chi connectivity index (χ4n) is 2.29. The van der Waals surface area contributed by atoms with Gasteiger partial charge >= 0.3 is 0 Å². The van der Waals surface area contributed by atoms with Crippen molar-refractivity contribution >= 4 is 11.6 Å². The normalized spacial score (nSPS) is 10.6. The van der Waals surface area contributed by atoms with Crippen molar-refractivity contribution in [2.45, 2.75) is 39.0 Å². The maximum Gasteiger partial charge on any atom is 0.226 e. The summed E-state index contributed by atoms with van der Waals surface area (Å²) < 4.78 is 5.33. The molecule has 118 valence electrons. The molecular weight excluding hydrogens is 278 g/mol. The number of amides is 1. The summed E-state index contributed by atoms with van der Waals surface area (Å²) in [5.41, 5.74) is 8.17. The highest BCUT2D eigenvalue weighted by Crippen LogP contribution is 2.25. The van der Waals surface area contributed by atoms with Crippen molar-refractivity contribution in [2.75, 3.05) is 11.9 Å². The molecule has 0 aliphatic heterocycles. The van der Waals surface area contributed by atoms with Gasteiger partial charge in [0.1, 0.15) is 6.26 Å². The van der Waals surface area contributed by atoms with Crippen LogP contribution in [0.5, 0.6) is 0 Å². The molecule has 1 aromatic heterocycles. The first-order valence-corrected chi connectivity index (χ1v) is 7.71. The number of aryl methyl sites for hydroxylation is 1. The molecule has 5 heteroatoms. The zero-order chi connectivity index (χ0) is 15.8. The highest BCUT2D eigenvalue weighted by molar-refractivity contribution is 5.91. The largest absolute Gasteiger partial charge is 0.445 e. The lowest BCUT2D eigenvalue weighted by atomic mass is 10.1. The Kier molecular flexibility index (Phi) is 6.15. The number of oxazole rings is 1. The van der Waals surface area contributed by atoms with Gasteiger partial charge in [-0.1, -0.05) is 18.9 Å². The number of nitrogens with two attached hydrogens (primary N) is 1. The van der Waals surface area contributed by atoms with Crippen molar-refractivity contribution in [1.82, 2.24) is 4.98 Å². The molecule has 0 unspecified atom stereocenters. The molecule has 0 radical (unpaired) electrons. The van der Waals surface area contributed by atoms with E-state index >= 15 is 0 Å². The molecule has 2 aromatic rings. The monoisotopic (exact) mass is 301 g/mol. The predicted octanol–water partition coefficient (Wildman–Crippen LogP) is 3.50. The number of carbonyl (C=O) groups is 1. The summed E-state index contributed by atoms with van der Waals surface area (Å²) >= 11 is 0. The van der Waals surface area contributed by atoms with E-state index < -0.39 is 0 Å². The molecule has 0 atom stereocenters. The lowest BCUT2D eigenvalue weighted by Crippen LogP contribution is -2.11. The van der Waals surface area contributed by atoms with Crippen LogP contribution in [-0.2, 0) is 4.79 Å². The Bertz CT molecular complexity index is 594. The molecule has 3 N–H and O–H groups in total. The summed E-state index contributed by atoms with van der Waals surface area (Å²) in [6, 6.07) is 5.75. The van der Waals surface area contributed by atoms with Crippen molar-refractivity contribution < 1.29 is 9.21 Å². The molecule has 0 fully saturated rings. The number of benzene rings is 1. The first-order chi connectivity index (χ1) is 10.7. The molecule has 2 rings (SSSR count). The number of unbranched alkanes of at least 4 members (excludes halogenated alkanes) is 3. The second-order valence-electron chi connectivity index (χ2n) is 5.37. The van der Waals surface area contributed by atoms with Gasteiger partial charge in [-0.2, -0.15) is 0 Å². The van der Waals surface area contributed by atoms with E-state index in [2.05, 4.69) is 10.3 Å². The van der Waals surface area contributed by atoms with Crippen LogP contribution in [-0.4, -0.2) is 17.4 Å². The van der Waals surface area contributed by atoms with Crippen molar-refractivity contribution in [3.63, 3.8) is 0 Å². The molecule has 0 saturated heterocycles. The summed E-state index contributed by atoms with van der Waals surface area (Å²) in [4.78, 5) is 16.1. The van der Waals surface area contributed by atoms with Crippen LogP contribution < -0.4 is 11.1 Å². The highest BCUT2D eigenvalue weighted by Gasteiger charge is 2.09. The van der Waals surface area contributed by atoms with E-state index in [0.717, 1.165) is 49.0 Å². The molecule has 1 amide bonds. The predicted molar refractivity (Wildman–Crippen MR) is 87.4 cm³/mol. The number of nitrogens with zero attached hydrogens (tertiary/aromatic N) is 1. The molecular formula is C17H23N3O2. The maximum absolute atomic E-state index is 12.0. The maximum atomic E-state index is 12.0. The topological polar surface area (TPSA) is 81.2 Å². The number of hydrogen-bond donors (Lipinski definition) is 2. The summed E-state index contributed by atoms with van der Waals surface area (Å²) in [6.45, 7) is 2.71. The van der Waals surface area contributed by atoms with E-state index in [4.69, 9.17) is 10.2 Å². The summed E-state index contributed by atoms with van der Waals surface area (Å²) in [7, 11) is 0. The summed E-state index contributed by atoms with van der Waals surface area (Å²) in [6.07, 6.45) is 7.74. The van der Waals surface area contributed by atoms with Crippen LogP contribution in [0.3, 0.4) is 0 Å². The van der Waals surface area contributed by atoms with Gasteiger partial charge in [-0.25, -0.2) is 4.98 Å². The Hall–Kier alpha value is -2.14. The number of hydrogen-bond acceptors (Lipinski definition) is 4. The SMILES string of the molecule is Cc1ccc(NC(=O)CCCCCCN)cc1-c1ncco1. The van der Waals surface area contributed by atoms with Crippen LogP contribution in [0.15, 0.2) is 35.1 Å². The van der Waals surface area contributed by atoms with Crippen LogP contribution in [0.2, 0.25) is 0 Å². The fourth-order valence-corrected chi connectivity index (χ4v) is 2.29. The van der Waals surface area contributed by atoms with Crippen LogP contribution in [0.4, 0.5) is 5.69 Å². The number of carbonyl (C=O) groups excluding carboxylic acids is 1. The molecule has 1 aromatic carbocycles. The minimum atomic E-state index is 0.0370. The van der Waals surface area contributed by atoms with Gasteiger partial charge in [0.25, 0.3) is 0 Å². The molecule has 0 aliphatic rings. The third-order valence-corrected chi connectivity index (χ3v) is 3.54. The van der Waals surface area contributed by atoms with E-state index in [1.807, 2.05) is 25.1 Å². The lowest BCUT2D eigenvalue weighted by Gasteiger charge is -2.08. The Morgan fingerprint density at radius 1 is 1.27 bits per heavy atom. The zero-order valence-electron chi connectivity index (χ0n) is 13.0. The van der Waals surface area contributed by atoms with Gasteiger partial charge < -0.3 is 15.5 Å². The molecule has 1 heterocycles. The molecule has 5 nitrogen and oxygen atoms in total. The van der Waals surface area contributed by atoms with E-state index in [1.54, 1.807) is 12.5 Å². The van der Waals surface area contributed by atoms with Crippen LogP contribution in [0.25, 0.3) is 11.5 Å². The van der Waals surface area contributed by atoms with Crippen LogP contribution in [0, 0.1) is 6.92 Å². The van der Waals surface area contributed by atoms with Crippen molar-refractivity contribution in [1.29, 1.82) is 0 Å². The number of rotatable bonds is 8. The smallest absolute Gasteiger partial charge is 0.226 e. The number of anilines is 1. The molecule has 0 saturated carbocycles. The minimum Gasteiger partial charge on any atom is -0.445 e. The Morgan fingerprint density at radius 3 is 2.82 bits per heavy atom. The molecule has 22 heavy (non-hydrogen) atoms.